The zero-order valence-corrected chi connectivity index (χ0v) is 15.7. The summed E-state index contributed by atoms with van der Waals surface area (Å²) in [7, 11) is 0. The smallest absolute Gasteiger partial charge is 0.132 e. The molecule has 2 aliphatic heterocycles. The first-order chi connectivity index (χ1) is 12.7. The van der Waals surface area contributed by atoms with E-state index in [2.05, 4.69) is 28.0 Å². The average molecular weight is 373 g/mol. The summed E-state index contributed by atoms with van der Waals surface area (Å²) in [6, 6.07) is 14.5. The first kappa shape index (κ1) is 17.8. The highest BCUT2D eigenvalue weighted by molar-refractivity contribution is 6.30. The van der Waals surface area contributed by atoms with Crippen LogP contribution in [0.25, 0.3) is 0 Å². The highest BCUT2D eigenvalue weighted by Crippen LogP contribution is 2.42. The van der Waals surface area contributed by atoms with Crippen LogP contribution >= 0.6 is 11.6 Å². The number of benzene rings is 2. The molecule has 26 heavy (non-hydrogen) atoms. The van der Waals surface area contributed by atoms with Crippen molar-refractivity contribution in [2.24, 2.45) is 0 Å². The molecule has 2 heterocycles. The van der Waals surface area contributed by atoms with Crippen molar-refractivity contribution in [1.29, 1.82) is 0 Å². The number of piperazine rings is 1. The Morgan fingerprint density at radius 3 is 2.65 bits per heavy atom. The second kappa shape index (κ2) is 7.97. The fraction of sp³-hybridized carbons (Fsp3) is 0.429. The van der Waals surface area contributed by atoms with Crippen molar-refractivity contribution < 1.29 is 9.84 Å². The second-order valence-electron chi connectivity index (χ2n) is 7.07. The maximum Gasteiger partial charge on any atom is 0.132 e. The number of halogens is 1. The van der Waals surface area contributed by atoms with Crippen molar-refractivity contribution in [3.05, 3.63) is 58.6 Å². The van der Waals surface area contributed by atoms with Gasteiger partial charge >= 0.3 is 0 Å². The molecule has 5 heteroatoms. The van der Waals surface area contributed by atoms with Gasteiger partial charge in [0.15, 0.2) is 0 Å². The van der Waals surface area contributed by atoms with E-state index in [1.54, 1.807) is 0 Å². The van der Waals surface area contributed by atoms with Gasteiger partial charge in [-0.3, -0.25) is 4.90 Å². The van der Waals surface area contributed by atoms with E-state index in [-0.39, 0.29) is 12.6 Å². The molecular weight excluding hydrogens is 348 g/mol. The van der Waals surface area contributed by atoms with E-state index >= 15 is 0 Å². The van der Waals surface area contributed by atoms with Crippen LogP contribution in [0.2, 0.25) is 5.02 Å². The topological polar surface area (TPSA) is 35.9 Å². The largest absolute Gasteiger partial charge is 0.457 e. The summed E-state index contributed by atoms with van der Waals surface area (Å²) in [5.41, 5.74) is 2.42. The van der Waals surface area contributed by atoms with Crippen LogP contribution in [0.15, 0.2) is 42.5 Å². The van der Waals surface area contributed by atoms with Crippen molar-refractivity contribution in [3.63, 3.8) is 0 Å². The van der Waals surface area contributed by atoms with Gasteiger partial charge in [0.25, 0.3) is 0 Å². The second-order valence-corrected chi connectivity index (χ2v) is 7.50. The third-order valence-electron chi connectivity index (χ3n) is 5.42. The monoisotopic (exact) mass is 372 g/mol. The molecule has 0 bridgehead atoms. The minimum atomic E-state index is 0.267. The molecule has 2 aromatic rings. The molecule has 0 aromatic heterocycles. The normalized spacial score (nSPS) is 20.8. The van der Waals surface area contributed by atoms with Crippen LogP contribution in [0.5, 0.6) is 11.5 Å². The van der Waals surface area contributed by atoms with Crippen LogP contribution in [0, 0.1) is 0 Å². The zero-order chi connectivity index (χ0) is 17.9. The van der Waals surface area contributed by atoms with Gasteiger partial charge in [-0.15, -0.1) is 0 Å². The summed E-state index contributed by atoms with van der Waals surface area (Å²) in [6.07, 6.45) is 1.78. The van der Waals surface area contributed by atoms with Crippen LogP contribution in [-0.2, 0) is 6.42 Å². The molecular formula is C21H25ClN2O2. The first-order valence-corrected chi connectivity index (χ1v) is 9.75. The molecule has 1 N–H and O–H groups in total. The van der Waals surface area contributed by atoms with Gasteiger partial charge in [-0.05, 0) is 42.7 Å². The third-order valence-corrected chi connectivity index (χ3v) is 5.65. The van der Waals surface area contributed by atoms with Crippen molar-refractivity contribution in [2.45, 2.75) is 18.9 Å². The summed E-state index contributed by atoms with van der Waals surface area (Å²) in [5, 5.41) is 9.80. The number of nitrogens with zero attached hydrogens (tertiary/aromatic N) is 2. The fourth-order valence-corrected chi connectivity index (χ4v) is 4.18. The average Bonchev–Trinajstić information content (AvgIpc) is 2.83. The van der Waals surface area contributed by atoms with E-state index in [1.807, 2.05) is 24.3 Å². The maximum absolute atomic E-state index is 9.05. The number of hydrogen-bond donors (Lipinski definition) is 1. The molecule has 1 fully saturated rings. The number of aliphatic hydroxyl groups is 1. The standard InChI is InChI=1S/C21H25ClN2O2/c22-17-6-7-21-18(15-17)19(14-16-4-1-2-5-20(16)26-21)24-11-9-23(10-12-24)8-3-13-25/h1-2,4-7,15,19,25H,3,8-14H2. The van der Waals surface area contributed by atoms with Crippen molar-refractivity contribution in [2.75, 3.05) is 39.3 Å². The molecule has 0 aliphatic carbocycles. The highest BCUT2D eigenvalue weighted by atomic mass is 35.5. The van der Waals surface area contributed by atoms with E-state index in [9.17, 15) is 0 Å². The molecule has 1 atom stereocenters. The molecule has 4 rings (SSSR count). The minimum Gasteiger partial charge on any atom is -0.457 e. The fourth-order valence-electron chi connectivity index (χ4n) is 4.00. The quantitative estimate of drug-likeness (QED) is 0.887. The van der Waals surface area contributed by atoms with Gasteiger partial charge in [-0.25, -0.2) is 0 Å². The van der Waals surface area contributed by atoms with Crippen LogP contribution < -0.4 is 4.74 Å². The van der Waals surface area contributed by atoms with Crippen LogP contribution in [0.4, 0.5) is 0 Å². The highest BCUT2D eigenvalue weighted by Gasteiger charge is 2.30. The molecule has 2 aliphatic rings. The molecule has 138 valence electrons. The summed E-state index contributed by atoms with van der Waals surface area (Å²) >= 11 is 6.32. The Kier molecular flexibility index (Phi) is 5.46. The molecule has 1 unspecified atom stereocenters. The molecule has 4 nitrogen and oxygen atoms in total. The number of hydrogen-bond acceptors (Lipinski definition) is 4. The van der Waals surface area contributed by atoms with Crippen molar-refractivity contribution in [3.8, 4) is 11.5 Å². The Hall–Kier alpha value is -1.59. The van der Waals surface area contributed by atoms with Crippen LogP contribution in [0.1, 0.15) is 23.6 Å². The molecule has 0 radical (unpaired) electrons. The summed E-state index contributed by atoms with van der Waals surface area (Å²) in [5.74, 6) is 1.85. The van der Waals surface area contributed by atoms with Gasteiger partial charge in [0.2, 0.25) is 0 Å². The van der Waals surface area contributed by atoms with Gasteiger partial charge in [-0.2, -0.15) is 0 Å². The first-order valence-electron chi connectivity index (χ1n) is 9.37. The number of rotatable bonds is 4. The number of para-hydroxylation sites is 1. The van der Waals surface area contributed by atoms with Gasteiger partial charge in [0.05, 0.1) is 0 Å². The molecule has 1 saturated heterocycles. The summed E-state index contributed by atoms with van der Waals surface area (Å²) in [6.45, 7) is 5.35. The summed E-state index contributed by atoms with van der Waals surface area (Å²) in [4.78, 5) is 4.99. The van der Waals surface area contributed by atoms with Gasteiger partial charge in [0.1, 0.15) is 11.5 Å². The van der Waals surface area contributed by atoms with Crippen molar-refractivity contribution >= 4 is 11.6 Å². The Morgan fingerprint density at radius 1 is 1.04 bits per heavy atom. The summed E-state index contributed by atoms with van der Waals surface area (Å²) < 4.78 is 6.23. The van der Waals surface area contributed by atoms with E-state index in [1.165, 1.54) is 11.1 Å². The molecule has 0 spiro atoms. The SMILES string of the molecule is OCCCN1CCN(C2Cc3ccccc3Oc3ccc(Cl)cc32)CC1. The predicted molar refractivity (Wildman–Crippen MR) is 104 cm³/mol. The molecule has 2 aromatic carbocycles. The Labute approximate surface area is 159 Å². The van der Waals surface area contributed by atoms with Crippen LogP contribution in [0.3, 0.4) is 0 Å². The Bertz CT molecular complexity index is 759. The lowest BCUT2D eigenvalue weighted by atomic mass is 9.96. The molecule has 0 saturated carbocycles. The number of aliphatic hydroxyl groups excluding tert-OH is 1. The molecule has 0 amide bonds. The van der Waals surface area contributed by atoms with E-state index < -0.39 is 0 Å². The van der Waals surface area contributed by atoms with E-state index in [0.29, 0.717) is 0 Å². The third kappa shape index (κ3) is 3.74. The van der Waals surface area contributed by atoms with E-state index in [4.69, 9.17) is 21.4 Å². The lowest BCUT2D eigenvalue weighted by Gasteiger charge is -2.39. The van der Waals surface area contributed by atoms with Crippen LogP contribution in [-0.4, -0.2) is 54.2 Å². The van der Waals surface area contributed by atoms with Gasteiger partial charge in [-0.1, -0.05) is 29.8 Å². The van der Waals surface area contributed by atoms with Crippen molar-refractivity contribution in [1.82, 2.24) is 9.80 Å². The van der Waals surface area contributed by atoms with E-state index in [0.717, 1.165) is 62.1 Å². The number of ether oxygens (including phenoxy) is 1. The maximum atomic E-state index is 9.05. The number of fused-ring (bicyclic) bond motifs is 2. The lowest BCUT2D eigenvalue weighted by molar-refractivity contribution is 0.0909. The Balaban J connectivity index is 1.60. The lowest BCUT2D eigenvalue weighted by Crippen LogP contribution is -2.48. The minimum absolute atomic E-state index is 0.267. The van der Waals surface area contributed by atoms with Gasteiger partial charge < -0.3 is 14.7 Å². The predicted octanol–water partition coefficient (Wildman–Crippen LogP) is 3.73. The van der Waals surface area contributed by atoms with Gasteiger partial charge in [0, 0.05) is 56.0 Å². The zero-order valence-electron chi connectivity index (χ0n) is 14.9. The Morgan fingerprint density at radius 2 is 1.85 bits per heavy atom.